The van der Waals surface area contributed by atoms with Crippen LogP contribution in [0.3, 0.4) is 0 Å². The lowest BCUT2D eigenvalue weighted by molar-refractivity contribution is -0.137. The first-order chi connectivity index (χ1) is 23.9. The van der Waals surface area contributed by atoms with Gasteiger partial charge in [0.2, 0.25) is 0 Å². The number of imide groups is 1. The van der Waals surface area contributed by atoms with Crippen LogP contribution in [-0.4, -0.2) is 79.0 Å². The van der Waals surface area contributed by atoms with Gasteiger partial charge < -0.3 is 14.8 Å². The summed E-state index contributed by atoms with van der Waals surface area (Å²) < 4.78 is 39.6. The molecule has 4 rings (SSSR count). The summed E-state index contributed by atoms with van der Waals surface area (Å²) >= 11 is 1.62. The summed E-state index contributed by atoms with van der Waals surface area (Å²) in [4.78, 5) is 47.6. The van der Waals surface area contributed by atoms with Crippen molar-refractivity contribution in [2.45, 2.75) is 120 Å². The zero-order valence-electron chi connectivity index (χ0n) is 30.0. The maximum Gasteiger partial charge on any atom is 0.418 e. The molecule has 0 spiro atoms. The molecule has 3 amide bonds. The Labute approximate surface area is 301 Å². The molecular weight excluding hydrogens is 677 g/mol. The Morgan fingerprint density at radius 2 is 1.64 bits per heavy atom. The molecule has 1 fully saturated rings. The van der Waals surface area contributed by atoms with Crippen molar-refractivity contribution in [1.29, 1.82) is 0 Å². The first-order valence-corrected chi connectivity index (χ1v) is 20.1. The Bertz CT molecular complexity index is 1640. The first-order valence-electron chi connectivity index (χ1n) is 17.7. The van der Waals surface area contributed by atoms with Gasteiger partial charge in [0.05, 0.1) is 11.4 Å². The van der Waals surface area contributed by atoms with Crippen molar-refractivity contribution in [2.24, 2.45) is 4.99 Å². The standard InChI is InChI=1S/C37H52N4O7S2/c1-6-7-8-9-10-11-12-13-14-17-25-49-30-22-21-27(2)26-29(30)39-34(42)32(41-35(43)37(3,4)48-36(41)44)33-38-28-19-15-16-20-31(28)50(45,46)40(33)23-18-24-47-5/h15-16,19-22,26,32H,6-14,17-18,23-25H2,1-5H3,(H,39,42). The molecule has 274 valence electrons. The highest BCUT2D eigenvalue weighted by Gasteiger charge is 2.55. The highest BCUT2D eigenvalue weighted by Crippen LogP contribution is 2.36. The van der Waals surface area contributed by atoms with Gasteiger partial charge in [0.15, 0.2) is 17.5 Å². The Morgan fingerprint density at radius 3 is 2.28 bits per heavy atom. The van der Waals surface area contributed by atoms with Gasteiger partial charge in [0, 0.05) is 25.2 Å². The molecule has 2 aliphatic heterocycles. The molecule has 2 aromatic rings. The van der Waals surface area contributed by atoms with Crippen LogP contribution in [0.1, 0.15) is 97.0 Å². The number of methoxy groups -OCH3 is 1. The lowest BCUT2D eigenvalue weighted by Crippen LogP contribution is -2.59. The molecule has 0 aromatic heterocycles. The summed E-state index contributed by atoms with van der Waals surface area (Å²) in [6, 6.07) is 10.2. The van der Waals surface area contributed by atoms with Crippen LogP contribution in [-0.2, 0) is 29.1 Å². The highest BCUT2D eigenvalue weighted by molar-refractivity contribution is 7.99. The second-order valence-electron chi connectivity index (χ2n) is 13.3. The third-order valence-corrected chi connectivity index (χ3v) is 11.8. The molecule has 2 heterocycles. The number of benzene rings is 2. The minimum absolute atomic E-state index is 0.0414. The van der Waals surface area contributed by atoms with Crippen LogP contribution in [0.4, 0.5) is 16.2 Å². The Kier molecular flexibility index (Phi) is 14.3. The fraction of sp³-hybridized carbons (Fsp3) is 0.568. The summed E-state index contributed by atoms with van der Waals surface area (Å²) in [6.45, 7) is 7.12. The number of anilines is 1. The number of aliphatic imine (C=N–C) groups is 1. The van der Waals surface area contributed by atoms with Crippen molar-refractivity contribution in [3.63, 3.8) is 0 Å². The smallest absolute Gasteiger partial charge is 0.418 e. The van der Waals surface area contributed by atoms with E-state index in [1.54, 1.807) is 23.9 Å². The van der Waals surface area contributed by atoms with Gasteiger partial charge in [-0.15, -0.1) is 11.8 Å². The minimum Gasteiger partial charge on any atom is -0.433 e. The predicted molar refractivity (Wildman–Crippen MR) is 197 cm³/mol. The van der Waals surface area contributed by atoms with Gasteiger partial charge in [-0.05, 0) is 69.2 Å². The summed E-state index contributed by atoms with van der Waals surface area (Å²) in [6.07, 6.45) is 11.6. The van der Waals surface area contributed by atoms with Crippen molar-refractivity contribution in [3.05, 3.63) is 48.0 Å². The number of fused-ring (bicyclic) bond motifs is 1. The number of amidine groups is 1. The SMILES string of the molecule is CCCCCCCCCCCCSc1ccc(C)cc1NC(=O)C(C1=Nc2ccccc2S(=O)(=O)N1CCCOC)N1C(=O)OC(C)(C)C1=O. The van der Waals surface area contributed by atoms with Crippen LogP contribution in [0.2, 0.25) is 0 Å². The molecular formula is C37H52N4O7S2. The number of rotatable bonds is 20. The van der Waals surface area contributed by atoms with E-state index in [2.05, 4.69) is 17.2 Å². The predicted octanol–water partition coefficient (Wildman–Crippen LogP) is 7.84. The number of unbranched alkanes of at least 4 members (excludes halogenated alkanes) is 9. The van der Waals surface area contributed by atoms with Gasteiger partial charge in [-0.2, -0.15) is 0 Å². The maximum absolute atomic E-state index is 14.5. The maximum atomic E-state index is 14.5. The number of ether oxygens (including phenoxy) is 2. The van der Waals surface area contributed by atoms with Crippen LogP contribution >= 0.6 is 11.8 Å². The molecule has 0 aliphatic carbocycles. The van der Waals surface area contributed by atoms with E-state index >= 15 is 0 Å². The van der Waals surface area contributed by atoms with Gasteiger partial charge in [-0.25, -0.2) is 23.1 Å². The topological polar surface area (TPSA) is 135 Å². The van der Waals surface area contributed by atoms with Crippen LogP contribution in [0.15, 0.2) is 57.2 Å². The van der Waals surface area contributed by atoms with Crippen molar-refractivity contribution in [1.82, 2.24) is 9.21 Å². The Morgan fingerprint density at radius 1 is 0.980 bits per heavy atom. The van der Waals surface area contributed by atoms with Gasteiger partial charge in [-0.1, -0.05) is 82.9 Å². The average Bonchev–Trinajstić information content (AvgIpc) is 3.27. The van der Waals surface area contributed by atoms with E-state index in [9.17, 15) is 22.8 Å². The Balaban J connectivity index is 1.59. The van der Waals surface area contributed by atoms with Crippen LogP contribution < -0.4 is 5.32 Å². The van der Waals surface area contributed by atoms with E-state index in [1.165, 1.54) is 84.5 Å². The molecule has 13 heteroatoms. The van der Waals surface area contributed by atoms with E-state index in [0.717, 1.165) is 33.4 Å². The summed E-state index contributed by atoms with van der Waals surface area (Å²) in [5.74, 6) is -0.985. The van der Waals surface area contributed by atoms with Crippen molar-refractivity contribution in [2.75, 3.05) is 31.3 Å². The number of carbonyl (C=O) groups is 3. The molecule has 2 aliphatic rings. The molecule has 1 N–H and O–H groups in total. The minimum atomic E-state index is -4.23. The molecule has 50 heavy (non-hydrogen) atoms. The summed E-state index contributed by atoms with van der Waals surface area (Å²) in [7, 11) is -2.73. The molecule has 1 unspecified atom stereocenters. The lowest BCUT2D eigenvalue weighted by atomic mass is 10.1. The number of carbonyl (C=O) groups excluding carboxylic acids is 3. The van der Waals surface area contributed by atoms with E-state index in [1.807, 2.05) is 25.1 Å². The van der Waals surface area contributed by atoms with Crippen molar-refractivity contribution in [3.8, 4) is 0 Å². The van der Waals surface area contributed by atoms with E-state index < -0.39 is 39.6 Å². The second kappa shape index (κ2) is 18.2. The number of thioether (sulfide) groups is 1. The van der Waals surface area contributed by atoms with Crippen molar-refractivity contribution < 1.29 is 32.3 Å². The molecule has 11 nitrogen and oxygen atoms in total. The van der Waals surface area contributed by atoms with E-state index in [-0.39, 0.29) is 36.0 Å². The van der Waals surface area contributed by atoms with E-state index in [4.69, 9.17) is 9.47 Å². The number of nitrogens with zero attached hydrogens (tertiary/aromatic N) is 3. The fourth-order valence-corrected chi connectivity index (χ4v) is 8.69. The highest BCUT2D eigenvalue weighted by atomic mass is 32.2. The zero-order chi connectivity index (χ0) is 36.3. The second-order valence-corrected chi connectivity index (χ2v) is 16.3. The third kappa shape index (κ3) is 9.67. The van der Waals surface area contributed by atoms with Crippen LogP contribution in [0.5, 0.6) is 0 Å². The average molecular weight is 729 g/mol. The normalized spacial score (nSPS) is 16.9. The van der Waals surface area contributed by atoms with Crippen molar-refractivity contribution >= 4 is 56.9 Å². The lowest BCUT2D eigenvalue weighted by Gasteiger charge is -2.35. The van der Waals surface area contributed by atoms with Gasteiger partial charge >= 0.3 is 6.09 Å². The number of nitrogens with one attached hydrogen (secondary N) is 1. The molecule has 0 radical (unpaired) electrons. The first kappa shape index (κ1) is 39.4. The van der Waals surface area contributed by atoms with Crippen LogP contribution in [0, 0.1) is 6.92 Å². The van der Waals surface area contributed by atoms with Gasteiger partial charge in [0.25, 0.3) is 21.8 Å². The van der Waals surface area contributed by atoms with E-state index in [0.29, 0.717) is 10.6 Å². The number of para-hydroxylation sites is 1. The van der Waals surface area contributed by atoms with Gasteiger partial charge in [0.1, 0.15) is 4.90 Å². The number of aryl methyl sites for hydroxylation is 1. The summed E-state index contributed by atoms with van der Waals surface area (Å²) in [5.41, 5.74) is -0.0690. The van der Waals surface area contributed by atoms with Gasteiger partial charge in [-0.3, -0.25) is 13.9 Å². The molecule has 2 aromatic carbocycles. The molecule has 0 bridgehead atoms. The van der Waals surface area contributed by atoms with Crippen LogP contribution in [0.25, 0.3) is 0 Å². The largest absolute Gasteiger partial charge is 0.433 e. The fourth-order valence-electron chi connectivity index (χ4n) is 6.07. The molecule has 1 saturated heterocycles. The molecule has 0 saturated carbocycles. The monoisotopic (exact) mass is 728 g/mol. The Hall–Kier alpha value is -3.42. The third-order valence-electron chi connectivity index (χ3n) is 8.81. The zero-order valence-corrected chi connectivity index (χ0v) is 31.7. The quantitative estimate of drug-likeness (QED) is 0.108. The number of cyclic esters (lactones) is 1. The number of sulfonamides is 1. The molecule has 1 atom stereocenters. The number of amides is 3. The summed E-state index contributed by atoms with van der Waals surface area (Å²) in [5, 5.41) is 2.93. The number of hydrogen-bond acceptors (Lipinski definition) is 9. The number of hydrogen-bond donors (Lipinski definition) is 1.